The van der Waals surface area contributed by atoms with Crippen molar-refractivity contribution in [3.63, 3.8) is 0 Å². The Kier molecular flexibility index (Phi) is 7.63. The fraction of sp³-hybridized carbons (Fsp3) is 0.647. The van der Waals surface area contributed by atoms with Crippen LogP contribution in [0.1, 0.15) is 38.8 Å². The Bertz CT molecular complexity index is 360. The maximum Gasteiger partial charge on any atom is 0.0489 e. The third kappa shape index (κ3) is 6.40. The summed E-state index contributed by atoms with van der Waals surface area (Å²) in [5, 5.41) is 3.54. The molecule has 0 aliphatic heterocycles. The Morgan fingerprint density at radius 3 is 2.30 bits per heavy atom. The second kappa shape index (κ2) is 8.98. The van der Waals surface area contributed by atoms with Gasteiger partial charge in [0.05, 0.1) is 0 Å². The number of rotatable bonds is 9. The molecule has 0 fully saturated rings. The molecule has 0 amide bonds. The fourth-order valence-corrected chi connectivity index (χ4v) is 1.99. The number of nitrogens with one attached hydrogen (secondary N) is 1. The van der Waals surface area contributed by atoms with E-state index in [1.165, 1.54) is 11.3 Å². The van der Waals surface area contributed by atoms with Crippen molar-refractivity contribution < 1.29 is 4.74 Å². The van der Waals surface area contributed by atoms with Crippen LogP contribution in [-0.4, -0.2) is 33.9 Å². The Hall–Kier alpha value is -1.06. The van der Waals surface area contributed by atoms with E-state index in [4.69, 9.17) is 4.74 Å². The van der Waals surface area contributed by atoms with Gasteiger partial charge in [0.2, 0.25) is 0 Å². The molecular formula is C17H30N2O. The van der Waals surface area contributed by atoms with E-state index in [1.807, 2.05) is 0 Å². The highest BCUT2D eigenvalue weighted by Gasteiger charge is 2.04. The molecule has 0 aromatic heterocycles. The van der Waals surface area contributed by atoms with Crippen LogP contribution in [0.4, 0.5) is 5.69 Å². The molecule has 0 saturated heterocycles. The smallest absolute Gasteiger partial charge is 0.0489 e. The van der Waals surface area contributed by atoms with Gasteiger partial charge in [-0.3, -0.25) is 0 Å². The fourth-order valence-electron chi connectivity index (χ4n) is 1.99. The Morgan fingerprint density at radius 1 is 1.10 bits per heavy atom. The molecule has 1 rings (SSSR count). The summed E-state index contributed by atoms with van der Waals surface area (Å²) in [6, 6.07) is 9.11. The molecule has 0 saturated carbocycles. The van der Waals surface area contributed by atoms with E-state index in [2.05, 4.69) is 69.3 Å². The lowest BCUT2D eigenvalue weighted by atomic mass is 10.1. The molecule has 1 aromatic rings. The van der Waals surface area contributed by atoms with E-state index >= 15 is 0 Å². The largest absolute Gasteiger partial charge is 0.381 e. The Morgan fingerprint density at radius 2 is 1.75 bits per heavy atom. The molecule has 0 aliphatic rings. The maximum atomic E-state index is 5.58. The lowest BCUT2D eigenvalue weighted by molar-refractivity contribution is 0.107. The highest BCUT2D eigenvalue weighted by atomic mass is 16.5. The van der Waals surface area contributed by atoms with E-state index in [1.54, 1.807) is 0 Å². The molecule has 1 unspecified atom stereocenters. The van der Waals surface area contributed by atoms with Crippen LogP contribution in [0.3, 0.4) is 0 Å². The number of hydrogen-bond donors (Lipinski definition) is 1. The summed E-state index contributed by atoms with van der Waals surface area (Å²) in [6.07, 6.45) is 1.06. The van der Waals surface area contributed by atoms with Crippen molar-refractivity contribution in [1.82, 2.24) is 5.32 Å². The molecule has 1 atom stereocenters. The van der Waals surface area contributed by atoms with Gasteiger partial charge in [-0.05, 0) is 43.5 Å². The highest BCUT2D eigenvalue weighted by Crippen LogP contribution is 2.17. The van der Waals surface area contributed by atoms with Gasteiger partial charge in [-0.2, -0.15) is 0 Å². The standard InChI is InChI=1S/C17H30N2O/c1-14(2)13-20-12-6-11-18-15(3)16-7-9-17(10-8-16)19(4)5/h7-10,14-15,18H,6,11-13H2,1-5H3. The van der Waals surface area contributed by atoms with Gasteiger partial charge in [0.1, 0.15) is 0 Å². The van der Waals surface area contributed by atoms with Gasteiger partial charge in [-0.25, -0.2) is 0 Å². The van der Waals surface area contributed by atoms with E-state index in [0.29, 0.717) is 12.0 Å². The van der Waals surface area contributed by atoms with Gasteiger partial charge in [-0.15, -0.1) is 0 Å². The summed E-state index contributed by atoms with van der Waals surface area (Å²) >= 11 is 0. The van der Waals surface area contributed by atoms with Crippen LogP contribution in [0.2, 0.25) is 0 Å². The van der Waals surface area contributed by atoms with Crippen LogP contribution in [0, 0.1) is 5.92 Å². The van der Waals surface area contributed by atoms with Crippen LogP contribution >= 0.6 is 0 Å². The van der Waals surface area contributed by atoms with Crippen molar-refractivity contribution in [1.29, 1.82) is 0 Å². The summed E-state index contributed by atoms with van der Waals surface area (Å²) in [6.45, 7) is 9.27. The molecular weight excluding hydrogens is 248 g/mol. The van der Waals surface area contributed by atoms with Gasteiger partial charge in [-0.1, -0.05) is 26.0 Å². The summed E-state index contributed by atoms with van der Waals surface area (Å²) in [7, 11) is 4.13. The molecule has 20 heavy (non-hydrogen) atoms. The van der Waals surface area contributed by atoms with Gasteiger partial charge >= 0.3 is 0 Å². The summed E-state index contributed by atoms with van der Waals surface area (Å²) in [4.78, 5) is 2.12. The second-order valence-corrected chi connectivity index (χ2v) is 5.98. The zero-order chi connectivity index (χ0) is 15.0. The minimum absolute atomic E-state index is 0.385. The maximum absolute atomic E-state index is 5.58. The van der Waals surface area contributed by atoms with Crippen molar-refractivity contribution in [2.75, 3.05) is 38.8 Å². The molecule has 0 bridgehead atoms. The van der Waals surface area contributed by atoms with Crippen LogP contribution in [-0.2, 0) is 4.74 Å². The summed E-state index contributed by atoms with van der Waals surface area (Å²) in [5.74, 6) is 0.622. The zero-order valence-corrected chi connectivity index (χ0v) is 13.6. The SMILES string of the molecule is CC(C)COCCCNC(C)c1ccc(N(C)C)cc1. The average molecular weight is 278 g/mol. The van der Waals surface area contributed by atoms with E-state index in [9.17, 15) is 0 Å². The summed E-state index contributed by atoms with van der Waals surface area (Å²) in [5.41, 5.74) is 2.57. The number of anilines is 1. The minimum Gasteiger partial charge on any atom is -0.381 e. The third-order valence-corrected chi connectivity index (χ3v) is 3.28. The van der Waals surface area contributed by atoms with Gasteiger partial charge in [0.15, 0.2) is 0 Å². The van der Waals surface area contributed by atoms with Crippen molar-refractivity contribution in [2.24, 2.45) is 5.92 Å². The summed E-state index contributed by atoms with van der Waals surface area (Å²) < 4.78 is 5.58. The molecule has 0 heterocycles. The molecule has 0 spiro atoms. The molecule has 1 aromatic carbocycles. The predicted molar refractivity (Wildman–Crippen MR) is 87.5 cm³/mol. The molecule has 114 valence electrons. The van der Waals surface area contributed by atoms with Gasteiger partial charge in [0.25, 0.3) is 0 Å². The van der Waals surface area contributed by atoms with Crippen molar-refractivity contribution >= 4 is 5.69 Å². The molecule has 3 nitrogen and oxygen atoms in total. The normalized spacial score (nSPS) is 12.7. The number of ether oxygens (including phenoxy) is 1. The first-order valence-corrected chi connectivity index (χ1v) is 7.59. The Balaban J connectivity index is 2.23. The molecule has 0 radical (unpaired) electrons. The first-order chi connectivity index (χ1) is 9.50. The third-order valence-electron chi connectivity index (χ3n) is 3.28. The van der Waals surface area contributed by atoms with Gasteiger partial charge in [0, 0.05) is 39.0 Å². The molecule has 3 heteroatoms. The minimum atomic E-state index is 0.385. The lowest BCUT2D eigenvalue weighted by Gasteiger charge is -2.17. The highest BCUT2D eigenvalue weighted by molar-refractivity contribution is 5.46. The predicted octanol–water partition coefficient (Wildman–Crippen LogP) is 3.47. The zero-order valence-electron chi connectivity index (χ0n) is 13.6. The van der Waals surface area contributed by atoms with Crippen LogP contribution in [0.5, 0.6) is 0 Å². The Labute approximate surface area is 124 Å². The van der Waals surface area contributed by atoms with Crippen molar-refractivity contribution in [3.8, 4) is 0 Å². The van der Waals surface area contributed by atoms with Crippen LogP contribution < -0.4 is 10.2 Å². The first-order valence-electron chi connectivity index (χ1n) is 7.59. The number of nitrogens with zero attached hydrogens (tertiary/aromatic N) is 1. The molecule has 0 aliphatic carbocycles. The monoisotopic (exact) mass is 278 g/mol. The van der Waals surface area contributed by atoms with Crippen molar-refractivity contribution in [3.05, 3.63) is 29.8 Å². The number of benzene rings is 1. The first kappa shape index (κ1) is 17.0. The van der Waals surface area contributed by atoms with Crippen LogP contribution in [0.25, 0.3) is 0 Å². The van der Waals surface area contributed by atoms with E-state index < -0.39 is 0 Å². The lowest BCUT2D eigenvalue weighted by Crippen LogP contribution is -2.21. The number of hydrogen-bond acceptors (Lipinski definition) is 3. The van der Waals surface area contributed by atoms with Crippen molar-refractivity contribution in [2.45, 2.75) is 33.2 Å². The second-order valence-electron chi connectivity index (χ2n) is 5.98. The van der Waals surface area contributed by atoms with Crippen LogP contribution in [0.15, 0.2) is 24.3 Å². The van der Waals surface area contributed by atoms with E-state index in [0.717, 1.165) is 26.2 Å². The topological polar surface area (TPSA) is 24.5 Å². The average Bonchev–Trinajstić information content (AvgIpc) is 2.42. The quantitative estimate of drug-likeness (QED) is 0.700. The van der Waals surface area contributed by atoms with Gasteiger partial charge < -0.3 is 15.0 Å². The van der Waals surface area contributed by atoms with E-state index in [-0.39, 0.29) is 0 Å². The molecule has 1 N–H and O–H groups in total.